The largest absolute Gasteiger partial charge is 0.497 e. The molecule has 2 amide bonds. The van der Waals surface area contributed by atoms with Gasteiger partial charge in [-0.1, -0.05) is 35.9 Å². The van der Waals surface area contributed by atoms with Crippen LogP contribution in [0.15, 0.2) is 48.5 Å². The second-order valence-corrected chi connectivity index (χ2v) is 7.07. The maximum Gasteiger partial charge on any atom is 0.253 e. The SMILES string of the molecule is COc1ccc(CN2CCN(C(=O)CNC(=O)c3ccccc3Cl)CC2)cc1. The second-order valence-electron chi connectivity index (χ2n) is 6.67. The van der Waals surface area contributed by atoms with Gasteiger partial charge in [0.15, 0.2) is 0 Å². The van der Waals surface area contributed by atoms with E-state index in [2.05, 4.69) is 22.3 Å². The van der Waals surface area contributed by atoms with Gasteiger partial charge >= 0.3 is 0 Å². The Labute approximate surface area is 170 Å². The van der Waals surface area contributed by atoms with Crippen LogP contribution in [-0.4, -0.2) is 61.4 Å². The van der Waals surface area contributed by atoms with E-state index in [1.807, 2.05) is 12.1 Å². The molecule has 0 bridgehead atoms. The van der Waals surface area contributed by atoms with Crippen molar-refractivity contribution in [2.24, 2.45) is 0 Å². The zero-order valence-corrected chi connectivity index (χ0v) is 16.6. The third-order valence-corrected chi connectivity index (χ3v) is 5.14. The predicted molar refractivity (Wildman–Crippen MR) is 109 cm³/mol. The highest BCUT2D eigenvalue weighted by Crippen LogP contribution is 2.15. The number of amides is 2. The molecule has 2 aromatic carbocycles. The van der Waals surface area contributed by atoms with Crippen molar-refractivity contribution >= 4 is 23.4 Å². The summed E-state index contributed by atoms with van der Waals surface area (Å²) in [5, 5.41) is 3.03. The van der Waals surface area contributed by atoms with Gasteiger partial charge in [-0.2, -0.15) is 0 Å². The molecule has 28 heavy (non-hydrogen) atoms. The van der Waals surface area contributed by atoms with Gasteiger partial charge in [0.25, 0.3) is 5.91 Å². The van der Waals surface area contributed by atoms with Crippen molar-refractivity contribution in [2.45, 2.75) is 6.54 Å². The molecule has 1 saturated heterocycles. The standard InChI is InChI=1S/C21H24ClN3O3/c1-28-17-8-6-16(7-9-17)15-24-10-12-25(13-11-24)20(26)14-23-21(27)18-4-2-3-5-19(18)22/h2-9H,10-15H2,1H3,(H,23,27). The first-order chi connectivity index (χ1) is 13.6. The summed E-state index contributed by atoms with van der Waals surface area (Å²) < 4.78 is 5.18. The van der Waals surface area contributed by atoms with Crippen LogP contribution in [0.2, 0.25) is 5.02 Å². The van der Waals surface area contributed by atoms with Gasteiger partial charge in [0, 0.05) is 32.7 Å². The van der Waals surface area contributed by atoms with Gasteiger partial charge in [-0.05, 0) is 29.8 Å². The number of piperazine rings is 1. The number of halogens is 1. The highest BCUT2D eigenvalue weighted by atomic mass is 35.5. The quantitative estimate of drug-likeness (QED) is 0.807. The van der Waals surface area contributed by atoms with Crippen LogP contribution in [0, 0.1) is 0 Å². The maximum atomic E-state index is 12.4. The van der Waals surface area contributed by atoms with Crippen molar-refractivity contribution < 1.29 is 14.3 Å². The molecule has 0 atom stereocenters. The van der Waals surface area contributed by atoms with E-state index in [-0.39, 0.29) is 18.4 Å². The zero-order chi connectivity index (χ0) is 19.9. The van der Waals surface area contributed by atoms with E-state index >= 15 is 0 Å². The smallest absolute Gasteiger partial charge is 0.253 e. The van der Waals surface area contributed by atoms with E-state index in [1.54, 1.807) is 36.3 Å². The normalized spacial score (nSPS) is 14.6. The van der Waals surface area contributed by atoms with Gasteiger partial charge in [0.05, 0.1) is 24.2 Å². The number of ether oxygens (including phenoxy) is 1. The number of hydrogen-bond acceptors (Lipinski definition) is 4. The van der Waals surface area contributed by atoms with Crippen molar-refractivity contribution in [3.63, 3.8) is 0 Å². The molecule has 0 radical (unpaired) electrons. The summed E-state index contributed by atoms with van der Waals surface area (Å²) in [6.07, 6.45) is 0. The van der Waals surface area contributed by atoms with Gasteiger partial charge in [-0.15, -0.1) is 0 Å². The van der Waals surface area contributed by atoms with Gasteiger partial charge in [-0.25, -0.2) is 0 Å². The molecule has 2 aromatic rings. The van der Waals surface area contributed by atoms with Gasteiger partial charge in [0.2, 0.25) is 5.91 Å². The Bertz CT molecular complexity index is 818. The van der Waals surface area contributed by atoms with Crippen LogP contribution >= 0.6 is 11.6 Å². The Balaban J connectivity index is 1.43. The second kappa shape index (κ2) is 9.57. The highest BCUT2D eigenvalue weighted by Gasteiger charge is 2.21. The Morgan fingerprint density at radius 2 is 1.71 bits per heavy atom. The Morgan fingerprint density at radius 3 is 2.36 bits per heavy atom. The first-order valence-electron chi connectivity index (χ1n) is 9.22. The topological polar surface area (TPSA) is 61.9 Å². The fraction of sp³-hybridized carbons (Fsp3) is 0.333. The molecule has 1 N–H and O–H groups in total. The lowest BCUT2D eigenvalue weighted by Gasteiger charge is -2.34. The van der Waals surface area contributed by atoms with E-state index in [0.717, 1.165) is 25.4 Å². The average Bonchev–Trinajstić information content (AvgIpc) is 2.73. The van der Waals surface area contributed by atoms with E-state index in [0.29, 0.717) is 23.7 Å². The van der Waals surface area contributed by atoms with Crippen LogP contribution in [0.4, 0.5) is 0 Å². The zero-order valence-electron chi connectivity index (χ0n) is 15.9. The summed E-state index contributed by atoms with van der Waals surface area (Å²) >= 11 is 6.01. The number of nitrogens with one attached hydrogen (secondary N) is 1. The molecule has 0 spiro atoms. The number of carbonyl (C=O) groups is 2. The molecular weight excluding hydrogens is 378 g/mol. The average molecular weight is 402 g/mol. The first kappa shape index (κ1) is 20.2. The van der Waals surface area contributed by atoms with Crippen LogP contribution in [0.3, 0.4) is 0 Å². The number of hydrogen-bond donors (Lipinski definition) is 1. The van der Waals surface area contributed by atoms with E-state index < -0.39 is 0 Å². The van der Waals surface area contributed by atoms with E-state index in [9.17, 15) is 9.59 Å². The highest BCUT2D eigenvalue weighted by molar-refractivity contribution is 6.33. The molecule has 1 aliphatic heterocycles. The number of rotatable bonds is 6. The molecule has 148 valence electrons. The van der Waals surface area contributed by atoms with Gasteiger partial charge in [0.1, 0.15) is 5.75 Å². The molecule has 0 saturated carbocycles. The molecule has 1 fully saturated rings. The Hall–Kier alpha value is -2.57. The predicted octanol–water partition coefficient (Wildman–Crippen LogP) is 2.42. The van der Waals surface area contributed by atoms with Crippen molar-refractivity contribution in [1.29, 1.82) is 0 Å². The van der Waals surface area contributed by atoms with Crippen LogP contribution in [-0.2, 0) is 11.3 Å². The molecule has 1 heterocycles. The van der Waals surface area contributed by atoms with Crippen LogP contribution in [0.25, 0.3) is 0 Å². The molecule has 1 aliphatic rings. The summed E-state index contributed by atoms with van der Waals surface area (Å²) in [5.41, 5.74) is 1.59. The minimum absolute atomic E-state index is 0.0253. The van der Waals surface area contributed by atoms with E-state index in [1.165, 1.54) is 5.56 Å². The number of benzene rings is 2. The third kappa shape index (κ3) is 5.24. The summed E-state index contributed by atoms with van der Waals surface area (Å²) in [6, 6.07) is 14.8. The summed E-state index contributed by atoms with van der Waals surface area (Å²) in [5.74, 6) is 0.430. The lowest BCUT2D eigenvalue weighted by atomic mass is 10.2. The number of nitrogens with zero attached hydrogens (tertiary/aromatic N) is 2. The molecule has 0 unspecified atom stereocenters. The van der Waals surface area contributed by atoms with Crippen LogP contribution in [0.1, 0.15) is 15.9 Å². The van der Waals surface area contributed by atoms with Gasteiger partial charge < -0.3 is 15.0 Å². The fourth-order valence-electron chi connectivity index (χ4n) is 3.15. The van der Waals surface area contributed by atoms with Crippen LogP contribution in [0.5, 0.6) is 5.75 Å². The fourth-order valence-corrected chi connectivity index (χ4v) is 3.37. The molecule has 3 rings (SSSR count). The van der Waals surface area contributed by atoms with Gasteiger partial charge in [-0.3, -0.25) is 14.5 Å². The third-order valence-electron chi connectivity index (χ3n) is 4.81. The van der Waals surface area contributed by atoms with Crippen molar-refractivity contribution in [3.05, 3.63) is 64.7 Å². The molecule has 7 heteroatoms. The summed E-state index contributed by atoms with van der Waals surface area (Å²) in [6.45, 7) is 3.72. The first-order valence-corrected chi connectivity index (χ1v) is 9.60. The Morgan fingerprint density at radius 1 is 1.04 bits per heavy atom. The maximum absolute atomic E-state index is 12.4. The van der Waals surface area contributed by atoms with E-state index in [4.69, 9.17) is 16.3 Å². The lowest BCUT2D eigenvalue weighted by Crippen LogP contribution is -2.50. The molecule has 6 nitrogen and oxygen atoms in total. The summed E-state index contributed by atoms with van der Waals surface area (Å²) in [4.78, 5) is 28.7. The lowest BCUT2D eigenvalue weighted by molar-refractivity contribution is -0.131. The minimum atomic E-state index is -0.336. The molecular formula is C21H24ClN3O3. The molecule has 0 aromatic heterocycles. The van der Waals surface area contributed by atoms with Crippen molar-refractivity contribution in [3.8, 4) is 5.75 Å². The molecule has 0 aliphatic carbocycles. The summed E-state index contributed by atoms with van der Waals surface area (Å²) in [7, 11) is 1.65. The van der Waals surface area contributed by atoms with Crippen molar-refractivity contribution in [1.82, 2.24) is 15.1 Å². The number of carbonyl (C=O) groups excluding carboxylic acids is 2. The van der Waals surface area contributed by atoms with Crippen LogP contribution < -0.4 is 10.1 Å². The number of methoxy groups -OCH3 is 1. The monoisotopic (exact) mass is 401 g/mol. The Kier molecular flexibility index (Phi) is 6.90. The van der Waals surface area contributed by atoms with Crippen molar-refractivity contribution in [2.75, 3.05) is 39.8 Å². The minimum Gasteiger partial charge on any atom is -0.497 e.